The van der Waals surface area contributed by atoms with Gasteiger partial charge in [-0.3, -0.25) is 0 Å². The third-order valence-corrected chi connectivity index (χ3v) is 6.13. The lowest BCUT2D eigenvalue weighted by molar-refractivity contribution is 0.128. The van der Waals surface area contributed by atoms with Gasteiger partial charge in [0.05, 0.1) is 12.7 Å². The number of nitrogens with one attached hydrogen (secondary N) is 2. The van der Waals surface area contributed by atoms with Crippen LogP contribution in [0.5, 0.6) is 5.75 Å². The second-order valence-electron chi connectivity index (χ2n) is 10.3. The Balaban J connectivity index is 1.49. The van der Waals surface area contributed by atoms with Gasteiger partial charge in [-0.15, -0.1) is 0 Å². The number of hydrogen-bond donors (Lipinski definition) is 3. The number of H-pyrrole nitrogens is 1. The SMILES string of the molecule is CC(C)(C)Cc1ccc2c(c1)C(NCC(O)C(Cc1cc(F)cc(F)c1)c1ncc[nH]1)CCO2. The summed E-state index contributed by atoms with van der Waals surface area (Å²) in [5.74, 6) is -0.265. The van der Waals surface area contributed by atoms with E-state index in [0.29, 0.717) is 24.5 Å². The number of aliphatic hydroxyl groups is 1. The van der Waals surface area contributed by atoms with Gasteiger partial charge < -0.3 is 20.1 Å². The summed E-state index contributed by atoms with van der Waals surface area (Å²) in [7, 11) is 0. The van der Waals surface area contributed by atoms with E-state index in [-0.39, 0.29) is 17.9 Å². The second kappa shape index (κ2) is 10.2. The van der Waals surface area contributed by atoms with E-state index in [1.165, 1.54) is 17.7 Å². The van der Waals surface area contributed by atoms with Gasteiger partial charge in [0, 0.05) is 48.9 Å². The average molecular weight is 470 g/mol. The van der Waals surface area contributed by atoms with Crippen LogP contribution in [0.1, 0.15) is 61.7 Å². The molecular formula is C27H33F2N3O2. The third-order valence-electron chi connectivity index (χ3n) is 6.13. The van der Waals surface area contributed by atoms with Gasteiger partial charge >= 0.3 is 0 Å². The lowest BCUT2D eigenvalue weighted by Crippen LogP contribution is -2.37. The minimum atomic E-state index is -0.818. The van der Waals surface area contributed by atoms with Gasteiger partial charge in [0.2, 0.25) is 0 Å². The van der Waals surface area contributed by atoms with E-state index < -0.39 is 23.7 Å². The number of hydrogen-bond acceptors (Lipinski definition) is 4. The molecule has 0 amide bonds. The normalized spacial score (nSPS) is 17.6. The zero-order chi connectivity index (χ0) is 24.3. The zero-order valence-corrected chi connectivity index (χ0v) is 19.9. The number of halogens is 2. The average Bonchev–Trinajstić information content (AvgIpc) is 3.28. The van der Waals surface area contributed by atoms with Crippen molar-refractivity contribution < 1.29 is 18.6 Å². The molecule has 0 saturated heterocycles. The number of fused-ring (bicyclic) bond motifs is 1. The predicted octanol–water partition coefficient (Wildman–Crippen LogP) is 5.08. The Morgan fingerprint density at radius 1 is 1.15 bits per heavy atom. The summed E-state index contributed by atoms with van der Waals surface area (Å²) in [6.45, 7) is 7.55. The maximum Gasteiger partial charge on any atom is 0.126 e. The van der Waals surface area contributed by atoms with Crippen LogP contribution in [-0.4, -0.2) is 34.3 Å². The molecule has 0 saturated carbocycles. The molecule has 0 fully saturated rings. The molecule has 1 aromatic heterocycles. The highest BCUT2D eigenvalue weighted by molar-refractivity contribution is 5.41. The molecule has 0 bridgehead atoms. The van der Waals surface area contributed by atoms with Gasteiger partial charge in [0.25, 0.3) is 0 Å². The summed E-state index contributed by atoms with van der Waals surface area (Å²) in [5, 5.41) is 14.6. The minimum Gasteiger partial charge on any atom is -0.493 e. The van der Waals surface area contributed by atoms with E-state index >= 15 is 0 Å². The molecule has 0 radical (unpaired) electrons. The Labute approximate surface area is 199 Å². The number of rotatable bonds is 8. The smallest absolute Gasteiger partial charge is 0.126 e. The monoisotopic (exact) mass is 469 g/mol. The molecule has 2 heterocycles. The van der Waals surface area contributed by atoms with Gasteiger partial charge in [-0.05, 0) is 47.6 Å². The van der Waals surface area contributed by atoms with Crippen LogP contribution in [0.15, 0.2) is 48.8 Å². The fourth-order valence-electron chi connectivity index (χ4n) is 4.66. The summed E-state index contributed by atoms with van der Waals surface area (Å²) >= 11 is 0. The van der Waals surface area contributed by atoms with Gasteiger partial charge in [0.15, 0.2) is 0 Å². The van der Waals surface area contributed by atoms with Crippen molar-refractivity contribution in [3.05, 3.63) is 82.9 Å². The maximum atomic E-state index is 13.7. The number of aromatic nitrogens is 2. The van der Waals surface area contributed by atoms with Crippen molar-refractivity contribution in [2.24, 2.45) is 5.41 Å². The Bertz CT molecular complexity index is 1080. The molecule has 34 heavy (non-hydrogen) atoms. The van der Waals surface area contributed by atoms with E-state index in [4.69, 9.17) is 4.74 Å². The molecular weight excluding hydrogens is 436 g/mol. The van der Waals surface area contributed by atoms with Gasteiger partial charge in [0.1, 0.15) is 23.2 Å². The molecule has 0 aliphatic carbocycles. The Morgan fingerprint density at radius 2 is 1.91 bits per heavy atom. The van der Waals surface area contributed by atoms with Crippen molar-refractivity contribution in [2.75, 3.05) is 13.2 Å². The lowest BCUT2D eigenvalue weighted by Gasteiger charge is -2.30. The van der Waals surface area contributed by atoms with E-state index in [0.717, 1.165) is 30.2 Å². The van der Waals surface area contributed by atoms with Crippen LogP contribution in [0.2, 0.25) is 0 Å². The molecule has 4 rings (SSSR count). The van der Waals surface area contributed by atoms with Gasteiger partial charge in [-0.2, -0.15) is 0 Å². The zero-order valence-electron chi connectivity index (χ0n) is 19.9. The number of nitrogens with zero attached hydrogens (tertiary/aromatic N) is 1. The largest absolute Gasteiger partial charge is 0.493 e. The Hall–Kier alpha value is -2.77. The molecule has 1 aliphatic rings. The molecule has 1 aliphatic heterocycles. The van der Waals surface area contributed by atoms with Crippen molar-refractivity contribution in [2.45, 2.75) is 58.1 Å². The molecule has 3 aromatic rings. The first kappa shape index (κ1) is 24.4. The number of aromatic amines is 1. The molecule has 182 valence electrons. The van der Waals surface area contributed by atoms with Crippen LogP contribution in [-0.2, 0) is 12.8 Å². The lowest BCUT2D eigenvalue weighted by atomic mass is 9.86. The van der Waals surface area contributed by atoms with Crippen molar-refractivity contribution in [1.29, 1.82) is 0 Å². The highest BCUT2D eigenvalue weighted by atomic mass is 19.1. The number of imidazole rings is 1. The predicted molar refractivity (Wildman–Crippen MR) is 128 cm³/mol. The molecule has 3 atom stereocenters. The third kappa shape index (κ3) is 6.21. The van der Waals surface area contributed by atoms with Crippen LogP contribution in [0.3, 0.4) is 0 Å². The standard InChI is InChI=1S/C27H33F2N3O2/c1-27(2,3)15-17-4-5-25-21(12-17)23(6-9-34-25)32-16-24(33)22(26-30-7-8-31-26)13-18-10-19(28)14-20(29)11-18/h4-5,7-8,10-12,14,22-24,32-33H,6,9,13,15-16H2,1-3H3,(H,30,31). The van der Waals surface area contributed by atoms with Crippen LogP contribution >= 0.6 is 0 Å². The maximum absolute atomic E-state index is 13.7. The van der Waals surface area contributed by atoms with Crippen molar-refractivity contribution in [3.63, 3.8) is 0 Å². The summed E-state index contributed by atoms with van der Waals surface area (Å²) < 4.78 is 33.3. The quantitative estimate of drug-likeness (QED) is 0.431. The van der Waals surface area contributed by atoms with Crippen molar-refractivity contribution in [3.8, 4) is 5.75 Å². The van der Waals surface area contributed by atoms with Crippen LogP contribution in [0, 0.1) is 17.0 Å². The van der Waals surface area contributed by atoms with E-state index in [1.807, 2.05) is 6.07 Å². The fourth-order valence-corrected chi connectivity index (χ4v) is 4.66. The van der Waals surface area contributed by atoms with E-state index in [2.05, 4.69) is 48.2 Å². The summed E-state index contributed by atoms with van der Waals surface area (Å²) in [5.41, 5.74) is 3.00. The Kier molecular flexibility index (Phi) is 7.33. The Morgan fingerprint density at radius 3 is 2.59 bits per heavy atom. The number of aliphatic hydroxyl groups excluding tert-OH is 1. The van der Waals surface area contributed by atoms with Gasteiger partial charge in [-0.25, -0.2) is 13.8 Å². The summed E-state index contributed by atoms with van der Waals surface area (Å²) in [6, 6.07) is 9.83. The van der Waals surface area contributed by atoms with E-state index in [9.17, 15) is 13.9 Å². The fraction of sp³-hybridized carbons (Fsp3) is 0.444. The molecule has 0 spiro atoms. The summed E-state index contributed by atoms with van der Waals surface area (Å²) in [6.07, 6.45) is 4.48. The topological polar surface area (TPSA) is 70.2 Å². The van der Waals surface area contributed by atoms with Gasteiger partial charge in [-0.1, -0.05) is 32.9 Å². The number of benzene rings is 2. The van der Waals surface area contributed by atoms with Crippen LogP contribution in [0.4, 0.5) is 8.78 Å². The second-order valence-corrected chi connectivity index (χ2v) is 10.3. The molecule has 7 heteroatoms. The van der Waals surface area contributed by atoms with Crippen LogP contribution in [0.25, 0.3) is 0 Å². The highest BCUT2D eigenvalue weighted by Crippen LogP contribution is 2.34. The first-order valence-corrected chi connectivity index (χ1v) is 11.8. The highest BCUT2D eigenvalue weighted by Gasteiger charge is 2.28. The molecule has 5 nitrogen and oxygen atoms in total. The molecule has 2 aromatic carbocycles. The van der Waals surface area contributed by atoms with Crippen LogP contribution < -0.4 is 10.1 Å². The summed E-state index contributed by atoms with van der Waals surface area (Å²) in [4.78, 5) is 7.35. The first-order valence-electron chi connectivity index (χ1n) is 11.8. The minimum absolute atomic E-state index is 0.0437. The van der Waals surface area contributed by atoms with Crippen molar-refractivity contribution in [1.82, 2.24) is 15.3 Å². The first-order chi connectivity index (χ1) is 16.2. The molecule has 3 unspecified atom stereocenters. The molecule has 3 N–H and O–H groups in total. The number of ether oxygens (including phenoxy) is 1. The van der Waals surface area contributed by atoms with E-state index in [1.54, 1.807) is 12.4 Å². The van der Waals surface area contributed by atoms with Crippen molar-refractivity contribution >= 4 is 0 Å².